The molecule has 29 heavy (non-hydrogen) atoms. The number of nitrogens with one attached hydrogen (secondary N) is 2. The Balaban J connectivity index is 1.43. The van der Waals surface area contributed by atoms with E-state index in [1.165, 1.54) is 28.0 Å². The van der Waals surface area contributed by atoms with Crippen LogP contribution >= 0.6 is 11.6 Å². The van der Waals surface area contributed by atoms with Crippen molar-refractivity contribution in [2.75, 3.05) is 11.1 Å². The van der Waals surface area contributed by atoms with Gasteiger partial charge in [-0.05, 0) is 47.7 Å². The van der Waals surface area contributed by atoms with Crippen LogP contribution in [0.15, 0.2) is 66.7 Å². The normalized spacial score (nSPS) is 19.4. The molecule has 4 heteroatoms. The molecular formula is C25H24ClN3. The van der Waals surface area contributed by atoms with E-state index in [1.54, 1.807) is 0 Å². The van der Waals surface area contributed by atoms with E-state index in [1.807, 2.05) is 30.3 Å². The summed E-state index contributed by atoms with van der Waals surface area (Å²) in [4.78, 5) is 0. The third kappa shape index (κ3) is 3.16. The number of halogens is 1. The molecule has 0 radical (unpaired) electrons. The third-order valence-electron chi connectivity index (χ3n) is 6.06. The topological polar surface area (TPSA) is 50.1 Å². The molecule has 2 atom stereocenters. The van der Waals surface area contributed by atoms with Crippen molar-refractivity contribution in [2.24, 2.45) is 0 Å². The maximum Gasteiger partial charge on any atom is 0.0640 e. The zero-order valence-electron chi connectivity index (χ0n) is 16.4. The van der Waals surface area contributed by atoms with Gasteiger partial charge in [0, 0.05) is 17.2 Å². The van der Waals surface area contributed by atoms with Gasteiger partial charge in [-0.25, -0.2) is 0 Å². The number of hydrogen-bond acceptors (Lipinski definition) is 3. The minimum atomic E-state index is 0.261. The molecule has 2 aliphatic rings. The monoisotopic (exact) mass is 401 g/mol. The van der Waals surface area contributed by atoms with Crippen LogP contribution in [-0.4, -0.2) is 0 Å². The molecule has 0 amide bonds. The fourth-order valence-corrected chi connectivity index (χ4v) is 4.81. The van der Waals surface area contributed by atoms with Gasteiger partial charge in [0.05, 0.1) is 28.1 Å². The molecular weight excluding hydrogens is 378 g/mol. The van der Waals surface area contributed by atoms with Gasteiger partial charge in [-0.2, -0.15) is 0 Å². The number of benzene rings is 3. The first kappa shape index (κ1) is 18.1. The second-order valence-corrected chi connectivity index (χ2v) is 8.30. The second kappa shape index (κ2) is 7.16. The molecule has 0 fully saturated rings. The number of aryl methyl sites for hydroxylation is 1. The van der Waals surface area contributed by atoms with Crippen LogP contribution in [0.3, 0.4) is 0 Å². The third-order valence-corrected chi connectivity index (χ3v) is 6.38. The highest BCUT2D eigenvalue weighted by Gasteiger charge is 2.28. The van der Waals surface area contributed by atoms with Gasteiger partial charge in [0.25, 0.3) is 0 Å². The Morgan fingerprint density at radius 1 is 0.966 bits per heavy atom. The number of hydrogen-bond donors (Lipinski definition) is 3. The lowest BCUT2D eigenvalue weighted by atomic mass is 9.98. The Bertz CT molecular complexity index is 1120. The van der Waals surface area contributed by atoms with Crippen LogP contribution in [0.25, 0.3) is 5.70 Å². The number of para-hydroxylation sites is 1. The van der Waals surface area contributed by atoms with E-state index >= 15 is 0 Å². The number of fused-ring (bicyclic) bond motifs is 2. The minimum absolute atomic E-state index is 0.261. The molecule has 4 N–H and O–H groups in total. The van der Waals surface area contributed by atoms with Crippen molar-refractivity contribution >= 4 is 34.4 Å². The van der Waals surface area contributed by atoms with Crippen molar-refractivity contribution in [3.05, 3.63) is 94.0 Å². The van der Waals surface area contributed by atoms with Gasteiger partial charge in [0.2, 0.25) is 0 Å². The molecule has 0 heterocycles. The smallest absolute Gasteiger partial charge is 0.0640 e. The summed E-state index contributed by atoms with van der Waals surface area (Å²) in [6.45, 7) is 2.20. The van der Waals surface area contributed by atoms with E-state index < -0.39 is 0 Å². The van der Waals surface area contributed by atoms with Gasteiger partial charge in [-0.3, -0.25) is 0 Å². The largest absolute Gasteiger partial charge is 0.397 e. The Morgan fingerprint density at radius 2 is 1.76 bits per heavy atom. The second-order valence-electron chi connectivity index (χ2n) is 7.90. The average molecular weight is 402 g/mol. The Labute approximate surface area is 176 Å². The highest BCUT2D eigenvalue weighted by atomic mass is 35.5. The van der Waals surface area contributed by atoms with Crippen LogP contribution in [0.2, 0.25) is 5.02 Å². The molecule has 3 aromatic carbocycles. The maximum atomic E-state index is 6.60. The molecule has 0 aliphatic heterocycles. The van der Waals surface area contributed by atoms with Gasteiger partial charge in [-0.1, -0.05) is 67.1 Å². The van der Waals surface area contributed by atoms with Crippen molar-refractivity contribution < 1.29 is 0 Å². The number of rotatable bonds is 4. The number of nitrogens with two attached hydrogens (primary N) is 1. The summed E-state index contributed by atoms with van der Waals surface area (Å²) in [6, 6.07) is 21.0. The molecule has 0 aromatic heterocycles. The summed E-state index contributed by atoms with van der Waals surface area (Å²) < 4.78 is 0. The van der Waals surface area contributed by atoms with Crippen LogP contribution in [0.5, 0.6) is 0 Å². The molecule has 146 valence electrons. The van der Waals surface area contributed by atoms with Gasteiger partial charge in [0.15, 0.2) is 0 Å². The number of anilines is 3. The lowest BCUT2D eigenvalue weighted by Gasteiger charge is -2.19. The highest BCUT2D eigenvalue weighted by Crippen LogP contribution is 2.44. The molecule has 0 saturated heterocycles. The molecule has 2 aliphatic carbocycles. The lowest BCUT2D eigenvalue weighted by molar-refractivity contribution is 0.628. The number of allylic oxidation sites excluding steroid dienone is 1. The Kier molecular flexibility index (Phi) is 4.48. The quantitative estimate of drug-likeness (QED) is 0.443. The summed E-state index contributed by atoms with van der Waals surface area (Å²) in [5.74, 6) is 0.261. The molecule has 0 bridgehead atoms. The fourth-order valence-electron chi connectivity index (χ4n) is 4.62. The van der Waals surface area contributed by atoms with Crippen molar-refractivity contribution in [3.8, 4) is 0 Å². The van der Waals surface area contributed by atoms with Crippen LogP contribution in [0.1, 0.15) is 47.6 Å². The zero-order chi connectivity index (χ0) is 20.0. The summed E-state index contributed by atoms with van der Waals surface area (Å²) >= 11 is 6.31. The van der Waals surface area contributed by atoms with Crippen LogP contribution in [-0.2, 0) is 6.42 Å². The Morgan fingerprint density at radius 3 is 2.62 bits per heavy atom. The highest BCUT2D eigenvalue weighted by molar-refractivity contribution is 6.33. The van der Waals surface area contributed by atoms with E-state index in [0.29, 0.717) is 11.1 Å². The standard InChI is InChI=1S/C25H24ClN3/c1-15-14-23(28-20-12-10-16-6-2-3-7-17(16)20)18-11-13-22(25(27)24(15)18)29-21-9-5-4-8-19(21)26/h2-9,11,13-15,20,28-29H,10,12,27H2,1H3. The average Bonchev–Trinajstić information content (AvgIpc) is 3.27. The summed E-state index contributed by atoms with van der Waals surface area (Å²) in [7, 11) is 0. The van der Waals surface area contributed by atoms with Crippen molar-refractivity contribution in [2.45, 2.75) is 31.7 Å². The van der Waals surface area contributed by atoms with E-state index in [-0.39, 0.29) is 5.92 Å². The first-order valence-electron chi connectivity index (χ1n) is 10.1. The molecule has 2 unspecified atom stereocenters. The van der Waals surface area contributed by atoms with E-state index in [4.69, 9.17) is 17.3 Å². The molecule has 0 saturated carbocycles. The first-order valence-corrected chi connectivity index (χ1v) is 10.5. The van der Waals surface area contributed by atoms with Gasteiger partial charge >= 0.3 is 0 Å². The summed E-state index contributed by atoms with van der Waals surface area (Å²) in [5, 5.41) is 7.86. The van der Waals surface area contributed by atoms with E-state index in [9.17, 15) is 0 Å². The van der Waals surface area contributed by atoms with Crippen LogP contribution in [0, 0.1) is 0 Å². The molecule has 3 nitrogen and oxygen atoms in total. The van der Waals surface area contributed by atoms with Gasteiger partial charge in [0.1, 0.15) is 0 Å². The van der Waals surface area contributed by atoms with Crippen LogP contribution in [0.4, 0.5) is 17.1 Å². The van der Waals surface area contributed by atoms with E-state index in [0.717, 1.165) is 29.9 Å². The van der Waals surface area contributed by atoms with E-state index in [2.05, 4.69) is 54.0 Å². The Hall–Kier alpha value is -2.91. The maximum absolute atomic E-state index is 6.60. The predicted octanol–water partition coefficient (Wildman–Crippen LogP) is 6.40. The van der Waals surface area contributed by atoms with Gasteiger partial charge in [-0.15, -0.1) is 0 Å². The molecule has 0 spiro atoms. The summed E-state index contributed by atoms with van der Waals surface area (Å²) in [5.41, 5.74) is 15.6. The summed E-state index contributed by atoms with van der Waals surface area (Å²) in [6.07, 6.45) is 4.55. The first-order chi connectivity index (χ1) is 14.1. The lowest BCUT2D eigenvalue weighted by Crippen LogP contribution is -2.17. The van der Waals surface area contributed by atoms with Crippen molar-refractivity contribution in [1.82, 2.24) is 5.32 Å². The molecule has 3 aromatic rings. The predicted molar refractivity (Wildman–Crippen MR) is 123 cm³/mol. The SMILES string of the molecule is CC1C=C(NC2CCc3ccccc32)c2ccc(Nc3ccccc3Cl)c(N)c21. The van der Waals surface area contributed by atoms with Crippen molar-refractivity contribution in [3.63, 3.8) is 0 Å². The van der Waals surface area contributed by atoms with Crippen LogP contribution < -0.4 is 16.4 Å². The van der Waals surface area contributed by atoms with Crippen molar-refractivity contribution in [1.29, 1.82) is 0 Å². The zero-order valence-corrected chi connectivity index (χ0v) is 17.1. The van der Waals surface area contributed by atoms with Gasteiger partial charge < -0.3 is 16.4 Å². The number of nitrogen functional groups attached to an aromatic ring is 1. The molecule has 5 rings (SSSR count). The minimum Gasteiger partial charge on any atom is -0.397 e. The fraction of sp³-hybridized carbons (Fsp3) is 0.200.